The maximum absolute atomic E-state index is 5.87. The fraction of sp³-hybridized carbons (Fsp3) is 0.154. The van der Waals surface area contributed by atoms with Gasteiger partial charge in [0.05, 0.1) is 11.7 Å². The summed E-state index contributed by atoms with van der Waals surface area (Å²) >= 11 is 3.46. The van der Waals surface area contributed by atoms with E-state index in [1.54, 1.807) is 4.52 Å². The minimum absolute atomic E-state index is 0.208. The van der Waals surface area contributed by atoms with E-state index in [1.165, 1.54) is 0 Å². The van der Waals surface area contributed by atoms with Crippen LogP contribution in [0.4, 0.5) is 0 Å². The van der Waals surface area contributed by atoms with Gasteiger partial charge in [0.15, 0.2) is 11.5 Å². The van der Waals surface area contributed by atoms with Crippen LogP contribution in [0.3, 0.4) is 0 Å². The van der Waals surface area contributed by atoms with E-state index >= 15 is 0 Å². The molecule has 1 atom stereocenters. The van der Waals surface area contributed by atoms with E-state index in [0.717, 1.165) is 15.7 Å². The van der Waals surface area contributed by atoms with Gasteiger partial charge in [-0.1, -0.05) is 28.1 Å². The topological polar surface area (TPSA) is 69.1 Å². The van der Waals surface area contributed by atoms with Gasteiger partial charge in [-0.3, -0.25) is 0 Å². The number of benzene rings is 1. The first-order valence-corrected chi connectivity index (χ1v) is 6.68. The van der Waals surface area contributed by atoms with Crippen LogP contribution in [0.5, 0.6) is 0 Å². The lowest BCUT2D eigenvalue weighted by Gasteiger charge is -2.05. The second kappa shape index (κ2) is 4.71. The van der Waals surface area contributed by atoms with Crippen LogP contribution < -0.4 is 5.73 Å². The fourth-order valence-corrected chi connectivity index (χ4v) is 2.29. The number of nitrogens with zero attached hydrogens (tertiary/aromatic N) is 4. The van der Waals surface area contributed by atoms with Crippen molar-refractivity contribution < 1.29 is 0 Å². The first-order chi connectivity index (χ1) is 9.15. The van der Waals surface area contributed by atoms with E-state index in [9.17, 15) is 0 Å². The summed E-state index contributed by atoms with van der Waals surface area (Å²) in [6.07, 6.45) is 0. The van der Waals surface area contributed by atoms with Crippen molar-refractivity contribution in [3.05, 3.63) is 46.7 Å². The van der Waals surface area contributed by atoms with Gasteiger partial charge in [0.2, 0.25) is 0 Å². The van der Waals surface area contributed by atoms with Gasteiger partial charge in [-0.2, -0.15) is 9.61 Å². The molecule has 1 unspecified atom stereocenters. The molecule has 0 fully saturated rings. The molecule has 0 saturated carbocycles. The van der Waals surface area contributed by atoms with Crippen LogP contribution in [0.15, 0.2) is 40.9 Å². The molecule has 0 amide bonds. The molecule has 0 aliphatic carbocycles. The van der Waals surface area contributed by atoms with Gasteiger partial charge in [-0.05, 0) is 31.2 Å². The molecule has 3 aromatic rings. The first kappa shape index (κ1) is 12.3. The van der Waals surface area contributed by atoms with Crippen molar-refractivity contribution >= 4 is 21.6 Å². The second-order valence-electron chi connectivity index (χ2n) is 4.35. The summed E-state index contributed by atoms with van der Waals surface area (Å²) in [6, 6.07) is 11.6. The summed E-state index contributed by atoms with van der Waals surface area (Å²) in [5.74, 6) is 0.659. The predicted molar refractivity (Wildman–Crippen MR) is 76.5 cm³/mol. The molecule has 0 saturated heterocycles. The van der Waals surface area contributed by atoms with Crippen molar-refractivity contribution in [2.45, 2.75) is 13.0 Å². The highest BCUT2D eigenvalue weighted by molar-refractivity contribution is 9.10. The van der Waals surface area contributed by atoms with Crippen molar-refractivity contribution in [2.24, 2.45) is 5.73 Å². The molecule has 0 aliphatic rings. The number of fused-ring (bicyclic) bond motifs is 1. The zero-order valence-electron chi connectivity index (χ0n) is 10.3. The van der Waals surface area contributed by atoms with E-state index in [0.29, 0.717) is 11.5 Å². The van der Waals surface area contributed by atoms with Gasteiger partial charge in [0, 0.05) is 10.0 Å². The van der Waals surface area contributed by atoms with Crippen LogP contribution in [0.25, 0.3) is 16.9 Å². The minimum atomic E-state index is -0.208. The number of nitrogens with two attached hydrogens (primary N) is 1. The monoisotopic (exact) mass is 317 g/mol. The van der Waals surface area contributed by atoms with Crippen LogP contribution in [0.2, 0.25) is 0 Å². The summed E-state index contributed by atoms with van der Waals surface area (Å²) in [4.78, 5) is 0. The highest BCUT2D eigenvalue weighted by Crippen LogP contribution is 2.21. The van der Waals surface area contributed by atoms with Crippen LogP contribution >= 0.6 is 15.9 Å². The van der Waals surface area contributed by atoms with Crippen molar-refractivity contribution in [2.75, 3.05) is 0 Å². The standard InChI is InChI=1S/C13H12BrN5/c1-8(15)13-17-16-12-6-5-11(18-19(12)13)9-3-2-4-10(14)7-9/h2-8H,15H2,1H3. The molecule has 0 aliphatic heterocycles. The Bertz CT molecular complexity index is 735. The Morgan fingerprint density at radius 2 is 2.05 bits per heavy atom. The fourth-order valence-electron chi connectivity index (χ4n) is 1.89. The quantitative estimate of drug-likeness (QED) is 0.788. The molecule has 5 nitrogen and oxygen atoms in total. The van der Waals surface area contributed by atoms with Crippen molar-refractivity contribution in [3.63, 3.8) is 0 Å². The van der Waals surface area contributed by atoms with Gasteiger partial charge in [-0.15, -0.1) is 10.2 Å². The lowest BCUT2D eigenvalue weighted by atomic mass is 10.1. The number of halogens is 1. The molecular formula is C13H12BrN5. The smallest absolute Gasteiger partial charge is 0.178 e. The minimum Gasteiger partial charge on any atom is -0.321 e. The summed E-state index contributed by atoms with van der Waals surface area (Å²) in [6.45, 7) is 1.86. The van der Waals surface area contributed by atoms with Crippen LogP contribution in [-0.2, 0) is 0 Å². The molecule has 1 aromatic carbocycles. The summed E-state index contributed by atoms with van der Waals surface area (Å²) < 4.78 is 2.71. The summed E-state index contributed by atoms with van der Waals surface area (Å²) in [5, 5.41) is 12.7. The van der Waals surface area contributed by atoms with Crippen LogP contribution in [0.1, 0.15) is 18.8 Å². The van der Waals surface area contributed by atoms with E-state index in [2.05, 4.69) is 31.2 Å². The Balaban J connectivity index is 2.18. The van der Waals surface area contributed by atoms with E-state index in [-0.39, 0.29) is 6.04 Å². The number of hydrogen-bond acceptors (Lipinski definition) is 4. The molecule has 2 heterocycles. The lowest BCUT2D eigenvalue weighted by Crippen LogP contribution is -2.11. The summed E-state index contributed by atoms with van der Waals surface area (Å²) in [5.41, 5.74) is 8.45. The third kappa shape index (κ3) is 2.24. The molecular weight excluding hydrogens is 306 g/mol. The zero-order chi connectivity index (χ0) is 13.4. The van der Waals surface area contributed by atoms with Crippen LogP contribution in [-0.4, -0.2) is 19.8 Å². The molecule has 6 heteroatoms. The van der Waals surface area contributed by atoms with E-state index in [1.807, 2.05) is 43.3 Å². The third-order valence-electron chi connectivity index (χ3n) is 2.81. The predicted octanol–water partition coefficient (Wildman–Crippen LogP) is 2.57. The Morgan fingerprint density at radius 3 is 2.79 bits per heavy atom. The molecule has 0 bridgehead atoms. The van der Waals surface area contributed by atoms with Gasteiger partial charge in [0.1, 0.15) is 0 Å². The maximum atomic E-state index is 5.87. The first-order valence-electron chi connectivity index (χ1n) is 5.89. The molecule has 2 aromatic heterocycles. The van der Waals surface area contributed by atoms with Gasteiger partial charge >= 0.3 is 0 Å². The Morgan fingerprint density at radius 1 is 1.21 bits per heavy atom. The van der Waals surface area contributed by atoms with E-state index in [4.69, 9.17) is 5.73 Å². The molecule has 2 N–H and O–H groups in total. The molecule has 0 spiro atoms. The average molecular weight is 318 g/mol. The Labute approximate surface area is 118 Å². The van der Waals surface area contributed by atoms with Crippen molar-refractivity contribution in [3.8, 4) is 11.3 Å². The van der Waals surface area contributed by atoms with Crippen molar-refractivity contribution in [1.82, 2.24) is 19.8 Å². The average Bonchev–Trinajstić information content (AvgIpc) is 2.81. The lowest BCUT2D eigenvalue weighted by molar-refractivity contribution is 0.696. The normalized spacial score (nSPS) is 12.8. The largest absolute Gasteiger partial charge is 0.321 e. The molecule has 19 heavy (non-hydrogen) atoms. The van der Waals surface area contributed by atoms with E-state index < -0.39 is 0 Å². The molecule has 96 valence electrons. The number of aromatic nitrogens is 4. The second-order valence-corrected chi connectivity index (χ2v) is 5.26. The third-order valence-corrected chi connectivity index (χ3v) is 3.31. The highest BCUT2D eigenvalue weighted by atomic mass is 79.9. The summed E-state index contributed by atoms with van der Waals surface area (Å²) in [7, 11) is 0. The van der Waals surface area contributed by atoms with Crippen molar-refractivity contribution in [1.29, 1.82) is 0 Å². The maximum Gasteiger partial charge on any atom is 0.178 e. The zero-order valence-corrected chi connectivity index (χ0v) is 11.9. The number of hydrogen-bond donors (Lipinski definition) is 1. The Kier molecular flexibility index (Phi) is 3.04. The molecule has 0 radical (unpaired) electrons. The Hall–Kier alpha value is -1.79. The molecule has 3 rings (SSSR count). The number of rotatable bonds is 2. The SMILES string of the molecule is CC(N)c1nnc2ccc(-c3cccc(Br)c3)nn12. The van der Waals surface area contributed by atoms with Crippen LogP contribution in [0, 0.1) is 0 Å². The van der Waals surface area contributed by atoms with Gasteiger partial charge < -0.3 is 5.73 Å². The highest BCUT2D eigenvalue weighted by Gasteiger charge is 2.11. The van der Waals surface area contributed by atoms with Gasteiger partial charge in [-0.25, -0.2) is 0 Å². The van der Waals surface area contributed by atoms with Gasteiger partial charge in [0.25, 0.3) is 0 Å².